The summed E-state index contributed by atoms with van der Waals surface area (Å²) < 4.78 is 34.8. The maximum absolute atomic E-state index is 13.4. The molecule has 61 heavy (non-hydrogen) atoms. The molecule has 360 valence electrons. The first-order chi connectivity index (χ1) is 29.6. The first-order valence-electron chi connectivity index (χ1n) is 25.2. The number of esters is 2. The predicted molar refractivity (Wildman–Crippen MR) is 244 cm³/mol. The Hall–Kier alpha value is -1.56. The van der Waals surface area contributed by atoms with Crippen LogP contribution in [0.2, 0.25) is 0 Å². The summed E-state index contributed by atoms with van der Waals surface area (Å²) in [6.45, 7) is 5.87. The predicted octanol–water partition coefficient (Wildman–Crippen LogP) is 12.2. The number of aliphatic hydroxyl groups excluding tert-OH is 1. The number of phosphoric acid groups is 1. The van der Waals surface area contributed by atoms with Crippen molar-refractivity contribution in [3.63, 3.8) is 0 Å². The number of phosphoric ester groups is 1. The van der Waals surface area contributed by atoms with E-state index < -0.39 is 62.9 Å². The number of hydrogen-bond donors (Lipinski definition) is 4. The van der Waals surface area contributed by atoms with E-state index in [1.54, 1.807) is 0 Å². The molecular formula is C48H92NO11P. The highest BCUT2D eigenvalue weighted by Crippen LogP contribution is 2.42. The van der Waals surface area contributed by atoms with Gasteiger partial charge in [0.1, 0.15) is 18.2 Å². The van der Waals surface area contributed by atoms with Crippen LogP contribution in [0.5, 0.6) is 0 Å². The van der Waals surface area contributed by atoms with E-state index in [4.69, 9.17) is 18.7 Å². The lowest BCUT2D eigenvalue weighted by Crippen LogP contribution is -2.66. The Bertz CT molecular complexity index is 1120. The maximum atomic E-state index is 13.4. The molecule has 5 atom stereocenters. The highest BCUT2D eigenvalue weighted by Gasteiger charge is 2.52. The summed E-state index contributed by atoms with van der Waals surface area (Å²) in [5.74, 6) is -1.63. The van der Waals surface area contributed by atoms with Gasteiger partial charge in [-0.1, -0.05) is 213 Å². The van der Waals surface area contributed by atoms with Gasteiger partial charge in [0.15, 0.2) is 6.10 Å². The van der Waals surface area contributed by atoms with Gasteiger partial charge in [-0.15, -0.1) is 0 Å². The number of unbranched alkanes of at least 4 members (excludes halogenated alkanes) is 30. The van der Waals surface area contributed by atoms with Crippen LogP contribution in [0.1, 0.15) is 252 Å². The van der Waals surface area contributed by atoms with Gasteiger partial charge in [-0.2, -0.15) is 0 Å². The molecule has 0 aromatic carbocycles. The van der Waals surface area contributed by atoms with E-state index in [2.05, 4.69) is 26.1 Å². The lowest BCUT2D eigenvalue weighted by Gasteiger charge is -2.44. The Labute approximate surface area is 371 Å². The van der Waals surface area contributed by atoms with Gasteiger partial charge in [0.05, 0.1) is 6.61 Å². The van der Waals surface area contributed by atoms with Crippen molar-refractivity contribution in [2.45, 2.75) is 283 Å². The molecule has 1 saturated heterocycles. The number of aliphatic hydroxyl groups is 1. The highest BCUT2D eigenvalue weighted by molar-refractivity contribution is 7.46. The molecule has 1 heterocycles. The van der Waals surface area contributed by atoms with Crippen molar-refractivity contribution in [3.05, 3.63) is 0 Å². The molecule has 4 N–H and O–H groups in total. The van der Waals surface area contributed by atoms with Crippen LogP contribution in [-0.4, -0.2) is 70.0 Å². The van der Waals surface area contributed by atoms with Crippen molar-refractivity contribution in [2.75, 3.05) is 6.61 Å². The van der Waals surface area contributed by atoms with Crippen LogP contribution in [0.15, 0.2) is 0 Å². The van der Waals surface area contributed by atoms with E-state index >= 15 is 0 Å². The average Bonchev–Trinajstić information content (AvgIpc) is 3.22. The van der Waals surface area contributed by atoms with Crippen LogP contribution in [0.4, 0.5) is 0 Å². The quantitative estimate of drug-likeness (QED) is 0.0260. The minimum absolute atomic E-state index is 0.0442. The van der Waals surface area contributed by atoms with Crippen LogP contribution >= 0.6 is 7.82 Å². The van der Waals surface area contributed by atoms with E-state index in [1.807, 2.05) is 0 Å². The summed E-state index contributed by atoms with van der Waals surface area (Å²) in [4.78, 5) is 59.7. The normalized spacial score (nSPS) is 19.2. The van der Waals surface area contributed by atoms with Crippen LogP contribution < -0.4 is 5.32 Å². The maximum Gasteiger partial charge on any atom is 0.470 e. The fraction of sp³-hybridized carbons (Fsp3) is 0.938. The second-order valence-corrected chi connectivity index (χ2v) is 18.9. The zero-order chi connectivity index (χ0) is 44.8. The Balaban J connectivity index is 2.89. The first-order valence-corrected chi connectivity index (χ1v) is 26.8. The molecule has 0 saturated carbocycles. The lowest BCUT2D eigenvalue weighted by molar-refractivity contribution is -0.264. The number of ether oxygens (including phenoxy) is 3. The molecule has 0 spiro atoms. The van der Waals surface area contributed by atoms with Crippen molar-refractivity contribution < 1.29 is 52.6 Å². The van der Waals surface area contributed by atoms with E-state index in [0.717, 1.165) is 64.2 Å². The third kappa shape index (κ3) is 31.9. The monoisotopic (exact) mass is 890 g/mol. The molecule has 0 aromatic rings. The topological polar surface area (TPSA) is 178 Å². The smallest absolute Gasteiger partial charge is 0.457 e. The minimum Gasteiger partial charge on any atom is -0.457 e. The third-order valence-electron chi connectivity index (χ3n) is 11.9. The summed E-state index contributed by atoms with van der Waals surface area (Å²) in [5, 5.41) is 13.1. The van der Waals surface area contributed by atoms with Crippen LogP contribution in [0.25, 0.3) is 0 Å². The summed E-state index contributed by atoms with van der Waals surface area (Å²) >= 11 is 0. The van der Waals surface area contributed by atoms with E-state index in [1.165, 1.54) is 128 Å². The Kier molecular flexibility index (Phi) is 36.6. The zero-order valence-corrected chi connectivity index (χ0v) is 40.0. The minimum atomic E-state index is -5.20. The van der Waals surface area contributed by atoms with Crippen LogP contribution in [0.3, 0.4) is 0 Å². The Morgan fingerprint density at radius 2 is 0.820 bits per heavy atom. The molecule has 12 nitrogen and oxygen atoms in total. The van der Waals surface area contributed by atoms with Gasteiger partial charge in [-0.05, 0) is 19.3 Å². The number of carbonyl (C=O) groups is 3. The van der Waals surface area contributed by atoms with Gasteiger partial charge < -0.3 is 34.4 Å². The molecule has 1 aliphatic rings. The Morgan fingerprint density at radius 3 is 1.16 bits per heavy atom. The molecule has 0 aliphatic carbocycles. The van der Waals surface area contributed by atoms with E-state index in [9.17, 15) is 33.8 Å². The molecule has 1 amide bonds. The fourth-order valence-corrected chi connectivity index (χ4v) is 8.78. The van der Waals surface area contributed by atoms with Crippen molar-refractivity contribution in [3.8, 4) is 0 Å². The van der Waals surface area contributed by atoms with Gasteiger partial charge in [-0.25, -0.2) is 4.57 Å². The van der Waals surface area contributed by atoms with Gasteiger partial charge >= 0.3 is 19.8 Å². The van der Waals surface area contributed by atoms with Gasteiger partial charge in [0, 0.05) is 19.3 Å². The summed E-state index contributed by atoms with van der Waals surface area (Å²) in [7, 11) is -5.20. The zero-order valence-electron chi connectivity index (χ0n) is 39.1. The van der Waals surface area contributed by atoms with Crippen LogP contribution in [-0.2, 0) is 37.7 Å². The molecule has 1 aliphatic heterocycles. The van der Waals surface area contributed by atoms with Crippen molar-refractivity contribution >= 4 is 25.7 Å². The van der Waals surface area contributed by atoms with Gasteiger partial charge in [0.25, 0.3) is 0 Å². The van der Waals surface area contributed by atoms with Crippen molar-refractivity contribution in [1.82, 2.24) is 5.32 Å². The first kappa shape index (κ1) is 57.5. The lowest BCUT2D eigenvalue weighted by atomic mass is 9.96. The molecule has 1 rings (SSSR count). The molecule has 0 unspecified atom stereocenters. The van der Waals surface area contributed by atoms with Crippen molar-refractivity contribution in [2.24, 2.45) is 0 Å². The number of amides is 1. The third-order valence-corrected chi connectivity index (χ3v) is 12.4. The number of nitrogens with one attached hydrogen (secondary N) is 1. The SMILES string of the molecule is CCCCCCCCCCCCCCCC(=O)O[C@H]1O[C@H](CO)[C@@H](OP(=O)(O)O)[C@H](OC(=O)CCCCCCCCCCC)[C@H]1NC(=O)CCCCCCCCCCCCC. The molecule has 1 fully saturated rings. The molecule has 0 radical (unpaired) electrons. The highest BCUT2D eigenvalue weighted by atomic mass is 31.2. The van der Waals surface area contributed by atoms with E-state index in [-0.39, 0.29) is 19.3 Å². The number of carbonyl (C=O) groups excluding carboxylic acids is 3. The van der Waals surface area contributed by atoms with Gasteiger partial charge in [0.2, 0.25) is 12.2 Å². The molecule has 13 heteroatoms. The fourth-order valence-electron chi connectivity index (χ4n) is 8.20. The summed E-state index contributed by atoms with van der Waals surface area (Å²) in [6, 6.07) is -1.33. The summed E-state index contributed by atoms with van der Waals surface area (Å²) in [5.41, 5.74) is 0. The van der Waals surface area contributed by atoms with Gasteiger partial charge in [-0.3, -0.25) is 18.9 Å². The molecule has 0 bridgehead atoms. The van der Waals surface area contributed by atoms with E-state index in [0.29, 0.717) is 19.3 Å². The Morgan fingerprint density at radius 1 is 0.492 bits per heavy atom. The largest absolute Gasteiger partial charge is 0.470 e. The summed E-state index contributed by atoms with van der Waals surface area (Å²) in [6.07, 6.45) is 31.1. The second kappa shape index (κ2) is 38.9. The second-order valence-electron chi connectivity index (χ2n) is 17.7. The molecule has 0 aromatic heterocycles. The molecular weight excluding hydrogens is 797 g/mol. The standard InChI is InChI=1S/C48H92NO11P/c1-4-7-10-13-16-19-21-22-24-27-30-33-36-39-44(53)59-48-45(49-42(51)37-34-31-28-26-23-20-17-14-11-8-5-2)47(46(41(40-50)57-48)60-61(54,55)56)58-43(52)38-35-32-29-25-18-15-12-9-6-3/h41,45-48,50H,4-40H2,1-3H3,(H,49,51)(H2,54,55,56)/t41-,45-,46-,47-,48-/m1/s1. The van der Waals surface area contributed by atoms with Crippen molar-refractivity contribution in [1.29, 1.82) is 0 Å². The number of hydrogen-bond acceptors (Lipinski definition) is 9. The average molecular weight is 890 g/mol. The number of rotatable bonds is 42. The van der Waals surface area contributed by atoms with Crippen LogP contribution in [0, 0.1) is 0 Å².